The van der Waals surface area contributed by atoms with Gasteiger partial charge in [-0.1, -0.05) is 18.9 Å². The number of ether oxygens (including phenoxy) is 1. The zero-order chi connectivity index (χ0) is 14.5. The molecule has 0 radical (unpaired) electrons. The zero-order valence-corrected chi connectivity index (χ0v) is 14.6. The molecule has 20 heavy (non-hydrogen) atoms. The first-order valence-electron chi connectivity index (χ1n) is 7.70. The van der Waals surface area contributed by atoms with Gasteiger partial charge in [-0.3, -0.25) is 0 Å². The van der Waals surface area contributed by atoms with Gasteiger partial charge in [-0.05, 0) is 44.7 Å². The minimum absolute atomic E-state index is 0.319. The molecule has 2 heterocycles. The Hall–Kier alpha value is -0.203. The van der Waals surface area contributed by atoms with Crippen LogP contribution in [0.15, 0.2) is 17.5 Å². The molecule has 1 aromatic rings. The van der Waals surface area contributed by atoms with E-state index in [1.165, 1.54) is 17.7 Å². The molecule has 1 fully saturated rings. The number of hydrogen-bond acceptors (Lipinski definition) is 4. The van der Waals surface area contributed by atoms with Gasteiger partial charge >= 0.3 is 8.56 Å². The third-order valence-corrected chi connectivity index (χ3v) is 9.58. The van der Waals surface area contributed by atoms with Crippen molar-refractivity contribution < 1.29 is 13.6 Å². The van der Waals surface area contributed by atoms with Gasteiger partial charge in [-0.15, -0.1) is 11.3 Å². The highest BCUT2D eigenvalue weighted by molar-refractivity contribution is 7.10. The molecule has 1 unspecified atom stereocenters. The van der Waals surface area contributed by atoms with Crippen molar-refractivity contribution in [2.24, 2.45) is 0 Å². The van der Waals surface area contributed by atoms with Crippen LogP contribution < -0.4 is 0 Å². The second-order valence-electron chi connectivity index (χ2n) is 5.06. The van der Waals surface area contributed by atoms with Crippen LogP contribution in [0.4, 0.5) is 0 Å². The summed E-state index contributed by atoms with van der Waals surface area (Å²) in [6.07, 6.45) is 3.40. The minimum Gasteiger partial charge on any atom is -0.393 e. The van der Waals surface area contributed by atoms with Crippen LogP contribution in [0.2, 0.25) is 6.04 Å². The van der Waals surface area contributed by atoms with Crippen molar-refractivity contribution in [1.29, 1.82) is 0 Å². The quantitative estimate of drug-likeness (QED) is 0.705. The van der Waals surface area contributed by atoms with Gasteiger partial charge < -0.3 is 13.6 Å². The molecule has 114 valence electrons. The fourth-order valence-electron chi connectivity index (χ4n) is 3.33. The molecule has 0 bridgehead atoms. The van der Waals surface area contributed by atoms with E-state index in [2.05, 4.69) is 38.3 Å². The van der Waals surface area contributed by atoms with Crippen molar-refractivity contribution in [3.05, 3.63) is 22.4 Å². The minimum atomic E-state index is -2.40. The van der Waals surface area contributed by atoms with E-state index in [9.17, 15) is 0 Å². The number of thiophene rings is 1. The second-order valence-corrected chi connectivity index (χ2v) is 9.40. The summed E-state index contributed by atoms with van der Waals surface area (Å²) in [5, 5.41) is 1.81. The lowest BCUT2D eigenvalue weighted by molar-refractivity contribution is -0.0425. The van der Waals surface area contributed by atoms with Gasteiger partial charge in [0.25, 0.3) is 0 Å². The summed E-state index contributed by atoms with van der Waals surface area (Å²) in [6.45, 7) is 8.30. The molecule has 0 N–H and O–H groups in total. The summed E-state index contributed by atoms with van der Waals surface area (Å²) >= 11 is 1.77. The Kier molecular flexibility index (Phi) is 5.81. The summed E-state index contributed by atoms with van der Waals surface area (Å²) in [6, 6.07) is 5.32. The average molecular weight is 315 g/mol. The van der Waals surface area contributed by atoms with Gasteiger partial charge in [0, 0.05) is 24.7 Å². The molecule has 3 nitrogen and oxygen atoms in total. The molecule has 1 saturated heterocycles. The highest BCUT2D eigenvalue weighted by atomic mass is 32.1. The van der Waals surface area contributed by atoms with Crippen molar-refractivity contribution in [3.63, 3.8) is 0 Å². The van der Waals surface area contributed by atoms with Crippen LogP contribution >= 0.6 is 11.3 Å². The largest absolute Gasteiger partial charge is 0.393 e. The van der Waals surface area contributed by atoms with Gasteiger partial charge in [-0.25, -0.2) is 0 Å². The van der Waals surface area contributed by atoms with Crippen LogP contribution in [0.25, 0.3) is 0 Å². The van der Waals surface area contributed by atoms with Crippen LogP contribution in [0.3, 0.4) is 0 Å². The Morgan fingerprint density at radius 2 is 1.90 bits per heavy atom. The van der Waals surface area contributed by atoms with Gasteiger partial charge in [0.2, 0.25) is 0 Å². The summed E-state index contributed by atoms with van der Waals surface area (Å²) in [5.41, 5.74) is 0. The van der Waals surface area contributed by atoms with E-state index >= 15 is 0 Å². The fourth-order valence-corrected chi connectivity index (χ4v) is 9.05. The standard InChI is InChI=1S/C15H26O3SSi/c1-4-16-15(14-10-9-12-19-14)11-7-8-13-20(15,17-5-2)18-6-3/h9-10,12H,4-8,11,13H2,1-3H3. The first-order chi connectivity index (χ1) is 9.74. The maximum absolute atomic E-state index is 6.36. The maximum Gasteiger partial charge on any atom is 0.376 e. The first kappa shape index (κ1) is 16.2. The lowest BCUT2D eigenvalue weighted by Crippen LogP contribution is -2.63. The molecule has 1 atom stereocenters. The molecule has 1 aromatic heterocycles. The van der Waals surface area contributed by atoms with Crippen LogP contribution in [-0.4, -0.2) is 28.4 Å². The molecular weight excluding hydrogens is 288 g/mol. The summed E-state index contributed by atoms with van der Waals surface area (Å²) in [7, 11) is -2.40. The SMILES string of the molecule is CCOC1(c2cccs2)CCCC[Si]1(OCC)OCC. The van der Waals surface area contributed by atoms with E-state index < -0.39 is 8.56 Å². The van der Waals surface area contributed by atoms with Crippen molar-refractivity contribution in [2.45, 2.75) is 51.3 Å². The Bertz CT molecular complexity index is 380. The highest BCUT2D eigenvalue weighted by Crippen LogP contribution is 2.49. The van der Waals surface area contributed by atoms with Gasteiger partial charge in [-0.2, -0.15) is 0 Å². The normalized spacial score (nSPS) is 25.8. The molecule has 0 aliphatic carbocycles. The lowest BCUT2D eigenvalue weighted by Gasteiger charge is -2.48. The van der Waals surface area contributed by atoms with E-state index in [0.29, 0.717) is 19.8 Å². The monoisotopic (exact) mass is 314 g/mol. The first-order valence-corrected chi connectivity index (χ1v) is 10.6. The van der Waals surface area contributed by atoms with Crippen molar-refractivity contribution in [3.8, 4) is 0 Å². The van der Waals surface area contributed by atoms with Crippen LogP contribution in [0, 0.1) is 0 Å². The van der Waals surface area contributed by atoms with E-state index in [0.717, 1.165) is 12.5 Å². The van der Waals surface area contributed by atoms with E-state index in [1.54, 1.807) is 11.3 Å². The van der Waals surface area contributed by atoms with Crippen LogP contribution in [-0.2, 0) is 18.8 Å². The Balaban J connectivity index is 2.47. The molecule has 0 amide bonds. The van der Waals surface area contributed by atoms with Gasteiger partial charge in [0.05, 0.1) is 0 Å². The Labute approximate surface area is 127 Å². The molecular formula is C15H26O3SSi. The molecule has 0 aromatic carbocycles. The van der Waals surface area contributed by atoms with Crippen molar-refractivity contribution >= 4 is 19.9 Å². The third kappa shape index (κ3) is 2.74. The Morgan fingerprint density at radius 1 is 1.15 bits per heavy atom. The van der Waals surface area contributed by atoms with Crippen molar-refractivity contribution in [2.75, 3.05) is 19.8 Å². The van der Waals surface area contributed by atoms with E-state index in [-0.39, 0.29) is 5.22 Å². The number of hydrogen-bond donors (Lipinski definition) is 0. The van der Waals surface area contributed by atoms with Crippen LogP contribution in [0.1, 0.15) is 44.9 Å². The Morgan fingerprint density at radius 3 is 2.45 bits per heavy atom. The van der Waals surface area contributed by atoms with Gasteiger partial charge in [0.15, 0.2) is 0 Å². The van der Waals surface area contributed by atoms with Crippen LogP contribution in [0.5, 0.6) is 0 Å². The molecule has 0 saturated carbocycles. The fraction of sp³-hybridized carbons (Fsp3) is 0.733. The zero-order valence-electron chi connectivity index (χ0n) is 12.8. The average Bonchev–Trinajstić information content (AvgIpc) is 2.97. The summed E-state index contributed by atoms with van der Waals surface area (Å²) in [4.78, 5) is 1.28. The molecule has 0 spiro atoms. The molecule has 1 aliphatic rings. The van der Waals surface area contributed by atoms with Gasteiger partial charge in [0.1, 0.15) is 5.22 Å². The predicted octanol–water partition coefficient (Wildman–Crippen LogP) is 4.22. The van der Waals surface area contributed by atoms with E-state index in [4.69, 9.17) is 13.6 Å². The predicted molar refractivity (Wildman–Crippen MR) is 85.3 cm³/mol. The second kappa shape index (κ2) is 7.18. The molecule has 5 heteroatoms. The molecule has 2 rings (SSSR count). The smallest absolute Gasteiger partial charge is 0.376 e. The van der Waals surface area contributed by atoms with E-state index in [1.807, 2.05) is 0 Å². The highest BCUT2D eigenvalue weighted by Gasteiger charge is 2.61. The topological polar surface area (TPSA) is 27.7 Å². The maximum atomic E-state index is 6.36. The van der Waals surface area contributed by atoms with Crippen molar-refractivity contribution in [1.82, 2.24) is 0 Å². The third-order valence-electron chi connectivity index (χ3n) is 3.96. The summed E-state index contributed by atoms with van der Waals surface area (Å²) in [5.74, 6) is 0. The number of rotatable bonds is 7. The molecule has 1 aliphatic heterocycles. The summed E-state index contributed by atoms with van der Waals surface area (Å²) < 4.78 is 19.0. The lowest BCUT2D eigenvalue weighted by atomic mass is 10.1.